The predicted molar refractivity (Wildman–Crippen MR) is 69.4 cm³/mol. The summed E-state index contributed by atoms with van der Waals surface area (Å²) in [6.07, 6.45) is 6.76. The molecule has 0 aromatic carbocycles. The third-order valence-electron chi connectivity index (χ3n) is 2.31. The van der Waals surface area contributed by atoms with Crippen LogP contribution in [0.1, 0.15) is 59.6 Å². The molecule has 1 rings (SSSR count). The minimum absolute atomic E-state index is 0.735. The first-order chi connectivity index (χ1) is 7.72. The molecule has 3 heteroatoms. The Balaban J connectivity index is 0.00000106. The molecule has 0 aliphatic heterocycles. The van der Waals surface area contributed by atoms with Crippen molar-refractivity contribution in [3.05, 3.63) is 11.9 Å². The van der Waals surface area contributed by atoms with Gasteiger partial charge < -0.3 is 0 Å². The second kappa shape index (κ2) is 9.37. The van der Waals surface area contributed by atoms with Gasteiger partial charge in [-0.25, -0.2) is 0 Å². The summed E-state index contributed by atoms with van der Waals surface area (Å²) in [4.78, 5) is 0. The molecule has 0 aliphatic carbocycles. The van der Waals surface area contributed by atoms with Gasteiger partial charge in [0.05, 0.1) is 5.69 Å². The molecule has 0 bridgehead atoms. The van der Waals surface area contributed by atoms with E-state index in [1.54, 1.807) is 0 Å². The first-order valence-corrected chi connectivity index (χ1v) is 6.61. The summed E-state index contributed by atoms with van der Waals surface area (Å²) in [5, 5.41) is 8.25. The molecule has 0 aliphatic rings. The molecule has 16 heavy (non-hydrogen) atoms. The zero-order chi connectivity index (χ0) is 12.4. The lowest BCUT2D eigenvalue weighted by atomic mass is 10.1. The summed E-state index contributed by atoms with van der Waals surface area (Å²) in [5.41, 5.74) is 1.13. The fourth-order valence-electron chi connectivity index (χ4n) is 1.31. The van der Waals surface area contributed by atoms with Gasteiger partial charge in [0.2, 0.25) is 0 Å². The van der Waals surface area contributed by atoms with Crippen molar-refractivity contribution in [2.45, 2.75) is 66.8 Å². The zero-order valence-corrected chi connectivity index (χ0v) is 11.5. The van der Waals surface area contributed by atoms with Gasteiger partial charge in [-0.15, -0.1) is 5.10 Å². The van der Waals surface area contributed by atoms with Gasteiger partial charge in [-0.1, -0.05) is 46.3 Å². The summed E-state index contributed by atoms with van der Waals surface area (Å²) in [6.45, 7) is 11.7. The van der Waals surface area contributed by atoms with Crippen molar-refractivity contribution in [2.75, 3.05) is 0 Å². The van der Waals surface area contributed by atoms with E-state index < -0.39 is 0 Å². The monoisotopic (exact) mass is 225 g/mol. The molecule has 0 saturated carbocycles. The number of aromatic nitrogens is 3. The van der Waals surface area contributed by atoms with Crippen LogP contribution in [0, 0.1) is 5.92 Å². The normalized spacial score (nSPS) is 10.1. The maximum absolute atomic E-state index is 4.14. The molecule has 0 fully saturated rings. The number of nitrogens with zero attached hydrogens (tertiary/aromatic N) is 3. The van der Waals surface area contributed by atoms with Gasteiger partial charge >= 0.3 is 0 Å². The Kier molecular flexibility index (Phi) is 8.87. The van der Waals surface area contributed by atoms with E-state index in [1.165, 1.54) is 19.3 Å². The minimum atomic E-state index is 0.735. The molecule has 0 unspecified atom stereocenters. The summed E-state index contributed by atoms with van der Waals surface area (Å²) >= 11 is 0. The van der Waals surface area contributed by atoms with E-state index in [1.807, 2.05) is 18.5 Å². The Hall–Kier alpha value is -0.860. The van der Waals surface area contributed by atoms with E-state index in [4.69, 9.17) is 0 Å². The molecular weight excluding hydrogens is 198 g/mol. The van der Waals surface area contributed by atoms with Crippen molar-refractivity contribution in [3.8, 4) is 0 Å². The largest absolute Gasteiger partial charge is 0.252 e. The lowest BCUT2D eigenvalue weighted by Crippen LogP contribution is -2.01. The first-order valence-electron chi connectivity index (χ1n) is 6.61. The molecule has 0 spiro atoms. The highest BCUT2D eigenvalue weighted by Crippen LogP contribution is 2.04. The lowest BCUT2D eigenvalue weighted by molar-refractivity contribution is 0.478. The van der Waals surface area contributed by atoms with Crippen molar-refractivity contribution in [1.29, 1.82) is 0 Å². The van der Waals surface area contributed by atoms with Crippen molar-refractivity contribution >= 4 is 0 Å². The van der Waals surface area contributed by atoms with Gasteiger partial charge in [0.1, 0.15) is 0 Å². The van der Waals surface area contributed by atoms with Gasteiger partial charge in [-0.3, -0.25) is 4.68 Å². The zero-order valence-electron chi connectivity index (χ0n) is 11.5. The Morgan fingerprint density at radius 3 is 2.56 bits per heavy atom. The molecule has 0 N–H and O–H groups in total. The van der Waals surface area contributed by atoms with Crippen LogP contribution < -0.4 is 0 Å². The van der Waals surface area contributed by atoms with Crippen molar-refractivity contribution in [2.24, 2.45) is 5.92 Å². The molecule has 0 atom stereocenters. The maximum Gasteiger partial charge on any atom is 0.0827 e. The number of hydrogen-bond acceptors (Lipinski definition) is 2. The Bertz CT molecular complexity index is 253. The third-order valence-corrected chi connectivity index (χ3v) is 2.31. The molecule has 1 aromatic heterocycles. The van der Waals surface area contributed by atoms with Crippen LogP contribution in [0.4, 0.5) is 0 Å². The SMILES string of the molecule is CC.CCCCc1cn(CCC(C)C)nn1. The number of aryl methyl sites for hydroxylation is 2. The van der Waals surface area contributed by atoms with E-state index >= 15 is 0 Å². The van der Waals surface area contributed by atoms with Crippen LogP contribution in [0.25, 0.3) is 0 Å². The maximum atomic E-state index is 4.14. The van der Waals surface area contributed by atoms with E-state index in [0.29, 0.717) is 0 Å². The Morgan fingerprint density at radius 1 is 1.31 bits per heavy atom. The molecule has 3 nitrogen and oxygen atoms in total. The molecule has 0 saturated heterocycles. The summed E-state index contributed by atoms with van der Waals surface area (Å²) in [5.74, 6) is 0.735. The van der Waals surface area contributed by atoms with Crippen LogP contribution in [0.5, 0.6) is 0 Å². The Morgan fingerprint density at radius 2 is 2.00 bits per heavy atom. The van der Waals surface area contributed by atoms with E-state index in [2.05, 4.69) is 37.3 Å². The summed E-state index contributed by atoms with van der Waals surface area (Å²) < 4.78 is 1.96. The number of rotatable bonds is 6. The average Bonchev–Trinajstić information content (AvgIpc) is 2.74. The highest BCUT2D eigenvalue weighted by atomic mass is 15.4. The summed E-state index contributed by atoms with van der Waals surface area (Å²) in [7, 11) is 0. The van der Waals surface area contributed by atoms with Crippen LogP contribution in [0.15, 0.2) is 6.20 Å². The average molecular weight is 225 g/mol. The van der Waals surface area contributed by atoms with Crippen molar-refractivity contribution in [1.82, 2.24) is 15.0 Å². The number of hydrogen-bond donors (Lipinski definition) is 0. The van der Waals surface area contributed by atoms with Gasteiger partial charge in [0.25, 0.3) is 0 Å². The van der Waals surface area contributed by atoms with Gasteiger partial charge in [-0.2, -0.15) is 0 Å². The van der Waals surface area contributed by atoms with E-state index in [0.717, 1.165) is 24.6 Å². The van der Waals surface area contributed by atoms with Gasteiger partial charge in [0, 0.05) is 12.7 Å². The summed E-state index contributed by atoms with van der Waals surface area (Å²) in [6, 6.07) is 0. The molecule has 0 radical (unpaired) electrons. The fraction of sp³-hybridized carbons (Fsp3) is 0.846. The standard InChI is InChI=1S/C11H21N3.C2H6/c1-4-5-6-11-9-14(13-12-11)8-7-10(2)3;1-2/h9-10H,4-8H2,1-3H3;1-2H3. The second-order valence-electron chi connectivity index (χ2n) is 4.26. The topological polar surface area (TPSA) is 30.7 Å². The van der Waals surface area contributed by atoms with Crippen molar-refractivity contribution in [3.63, 3.8) is 0 Å². The van der Waals surface area contributed by atoms with Crippen LogP contribution in [-0.4, -0.2) is 15.0 Å². The van der Waals surface area contributed by atoms with Crippen molar-refractivity contribution < 1.29 is 0 Å². The van der Waals surface area contributed by atoms with Crippen LogP contribution >= 0.6 is 0 Å². The first kappa shape index (κ1) is 15.1. The van der Waals surface area contributed by atoms with Crippen LogP contribution in [0.2, 0.25) is 0 Å². The van der Waals surface area contributed by atoms with Crippen LogP contribution in [-0.2, 0) is 13.0 Å². The lowest BCUT2D eigenvalue weighted by Gasteiger charge is -2.02. The molecular formula is C13H27N3. The number of unbranched alkanes of at least 4 members (excludes halogenated alkanes) is 1. The Labute approximate surface area is 100 Å². The molecule has 1 heterocycles. The van der Waals surface area contributed by atoms with Gasteiger partial charge in [-0.05, 0) is 25.2 Å². The third kappa shape index (κ3) is 6.59. The highest BCUT2D eigenvalue weighted by molar-refractivity contribution is 4.91. The van der Waals surface area contributed by atoms with Crippen LogP contribution in [0.3, 0.4) is 0 Å². The second-order valence-corrected chi connectivity index (χ2v) is 4.26. The smallest absolute Gasteiger partial charge is 0.0827 e. The van der Waals surface area contributed by atoms with E-state index in [9.17, 15) is 0 Å². The highest BCUT2D eigenvalue weighted by Gasteiger charge is 2.00. The van der Waals surface area contributed by atoms with Gasteiger partial charge in [0.15, 0.2) is 0 Å². The van der Waals surface area contributed by atoms with E-state index in [-0.39, 0.29) is 0 Å². The molecule has 1 aromatic rings. The predicted octanol–water partition coefficient (Wildman–Crippen LogP) is 3.69. The quantitative estimate of drug-likeness (QED) is 0.739. The molecule has 94 valence electrons. The molecule has 0 amide bonds. The minimum Gasteiger partial charge on any atom is -0.252 e. The fourth-order valence-corrected chi connectivity index (χ4v) is 1.31.